The number of amides is 2. The minimum atomic E-state index is -1.30. The van der Waals surface area contributed by atoms with Gasteiger partial charge < -0.3 is 20.5 Å². The number of halogens is 1. The summed E-state index contributed by atoms with van der Waals surface area (Å²) < 4.78 is 18.6. The molecule has 132 valence electrons. The molecule has 2 aromatic carbocycles. The number of hydrogen-bond donors (Lipinski definition) is 3. The first-order chi connectivity index (χ1) is 11.8. The monoisotopic (exact) mass is 344 g/mol. The third kappa shape index (κ3) is 3.91. The summed E-state index contributed by atoms with van der Waals surface area (Å²) in [6.07, 6.45) is 0. The number of urea groups is 1. The van der Waals surface area contributed by atoms with E-state index in [1.54, 1.807) is 6.92 Å². The number of rotatable bonds is 4. The molecule has 0 spiro atoms. The van der Waals surface area contributed by atoms with Gasteiger partial charge in [-0.05, 0) is 37.6 Å². The minimum Gasteiger partial charge on any atom is -0.491 e. The molecule has 0 fully saturated rings. The molecule has 0 saturated heterocycles. The first kappa shape index (κ1) is 17.2. The van der Waals surface area contributed by atoms with Crippen molar-refractivity contribution in [3.05, 3.63) is 65.0 Å². The van der Waals surface area contributed by atoms with Crippen molar-refractivity contribution in [3.8, 4) is 5.75 Å². The van der Waals surface area contributed by atoms with Crippen LogP contribution in [0.3, 0.4) is 0 Å². The maximum absolute atomic E-state index is 13.0. The van der Waals surface area contributed by atoms with Gasteiger partial charge in [-0.25, -0.2) is 9.18 Å². The molecule has 2 amide bonds. The molecule has 3 rings (SSSR count). The van der Waals surface area contributed by atoms with Crippen molar-refractivity contribution in [2.45, 2.75) is 25.5 Å². The molecule has 2 aromatic rings. The molecule has 25 heavy (non-hydrogen) atoms. The molecule has 6 heteroatoms. The predicted octanol–water partition coefficient (Wildman–Crippen LogP) is 2.77. The highest BCUT2D eigenvalue weighted by molar-refractivity contribution is 5.75. The van der Waals surface area contributed by atoms with Crippen LogP contribution in [-0.2, 0) is 5.60 Å². The van der Waals surface area contributed by atoms with Crippen LogP contribution in [0.4, 0.5) is 9.18 Å². The molecule has 2 unspecified atom stereocenters. The maximum atomic E-state index is 13.0. The van der Waals surface area contributed by atoms with Gasteiger partial charge in [0.1, 0.15) is 23.8 Å². The Kier molecular flexibility index (Phi) is 4.63. The van der Waals surface area contributed by atoms with Crippen molar-refractivity contribution in [1.82, 2.24) is 10.6 Å². The summed E-state index contributed by atoms with van der Waals surface area (Å²) in [5.74, 6) is 0.398. The summed E-state index contributed by atoms with van der Waals surface area (Å²) >= 11 is 0. The van der Waals surface area contributed by atoms with Gasteiger partial charge >= 0.3 is 6.03 Å². The van der Waals surface area contributed by atoms with Gasteiger partial charge in [-0.2, -0.15) is 0 Å². The van der Waals surface area contributed by atoms with Crippen LogP contribution in [0.5, 0.6) is 5.75 Å². The maximum Gasteiger partial charge on any atom is 0.315 e. The van der Waals surface area contributed by atoms with Gasteiger partial charge in [-0.1, -0.05) is 29.8 Å². The number of fused-ring (bicyclic) bond motifs is 1. The number of nitrogens with one attached hydrogen (secondary N) is 2. The van der Waals surface area contributed by atoms with Crippen LogP contribution >= 0.6 is 0 Å². The van der Waals surface area contributed by atoms with E-state index in [0.29, 0.717) is 12.2 Å². The topological polar surface area (TPSA) is 70.6 Å². The van der Waals surface area contributed by atoms with Crippen LogP contribution < -0.4 is 15.4 Å². The zero-order valence-electron chi connectivity index (χ0n) is 14.2. The third-order valence-corrected chi connectivity index (χ3v) is 4.31. The summed E-state index contributed by atoms with van der Waals surface area (Å²) in [4.78, 5) is 12.2. The van der Waals surface area contributed by atoms with Crippen molar-refractivity contribution in [2.24, 2.45) is 0 Å². The molecule has 0 aromatic heterocycles. The zero-order valence-corrected chi connectivity index (χ0v) is 14.2. The lowest BCUT2D eigenvalue weighted by Gasteiger charge is -2.25. The van der Waals surface area contributed by atoms with Crippen LogP contribution in [0.2, 0.25) is 0 Å². The van der Waals surface area contributed by atoms with Crippen LogP contribution in [0.25, 0.3) is 0 Å². The molecule has 0 aliphatic carbocycles. The fraction of sp³-hybridized carbons (Fsp3) is 0.316. The van der Waals surface area contributed by atoms with Crippen molar-refractivity contribution in [2.75, 3.05) is 13.2 Å². The van der Waals surface area contributed by atoms with E-state index < -0.39 is 11.6 Å². The molecular formula is C19H21FN2O3. The Morgan fingerprint density at radius 1 is 1.32 bits per heavy atom. The average Bonchev–Trinajstić information content (AvgIpc) is 2.96. The Morgan fingerprint density at radius 2 is 2.04 bits per heavy atom. The quantitative estimate of drug-likeness (QED) is 0.799. The molecule has 5 nitrogen and oxygen atoms in total. The molecule has 0 radical (unpaired) electrons. The number of benzene rings is 2. The van der Waals surface area contributed by atoms with Gasteiger partial charge in [0.25, 0.3) is 0 Å². The van der Waals surface area contributed by atoms with E-state index in [1.165, 1.54) is 24.3 Å². The second kappa shape index (κ2) is 6.72. The van der Waals surface area contributed by atoms with Crippen LogP contribution in [-0.4, -0.2) is 24.3 Å². The minimum absolute atomic E-state index is 0.00127. The van der Waals surface area contributed by atoms with E-state index in [4.69, 9.17) is 4.74 Å². The first-order valence-electron chi connectivity index (χ1n) is 8.11. The van der Waals surface area contributed by atoms with Gasteiger partial charge in [0.05, 0.1) is 12.6 Å². The van der Waals surface area contributed by atoms with Crippen LogP contribution in [0.1, 0.15) is 29.7 Å². The number of aryl methyl sites for hydroxylation is 1. The molecule has 0 saturated carbocycles. The van der Waals surface area contributed by atoms with Crippen molar-refractivity contribution in [3.63, 3.8) is 0 Å². The third-order valence-electron chi connectivity index (χ3n) is 4.31. The van der Waals surface area contributed by atoms with Gasteiger partial charge in [-0.3, -0.25) is 0 Å². The van der Waals surface area contributed by atoms with Crippen LogP contribution in [0.15, 0.2) is 42.5 Å². The predicted molar refractivity (Wildman–Crippen MR) is 91.9 cm³/mol. The molecule has 3 N–H and O–H groups in total. The molecule has 1 aliphatic heterocycles. The lowest BCUT2D eigenvalue weighted by Crippen LogP contribution is -2.44. The van der Waals surface area contributed by atoms with Crippen molar-refractivity contribution in [1.29, 1.82) is 0 Å². The van der Waals surface area contributed by atoms with Gasteiger partial charge in [-0.15, -0.1) is 0 Å². The lowest BCUT2D eigenvalue weighted by atomic mass is 9.96. The Morgan fingerprint density at radius 3 is 2.76 bits per heavy atom. The Hall–Kier alpha value is -2.60. The first-order valence-corrected chi connectivity index (χ1v) is 8.11. The van der Waals surface area contributed by atoms with Crippen LogP contribution in [0, 0.1) is 12.7 Å². The van der Waals surface area contributed by atoms with E-state index in [1.807, 2.05) is 25.1 Å². The lowest BCUT2D eigenvalue weighted by molar-refractivity contribution is 0.0591. The van der Waals surface area contributed by atoms with E-state index >= 15 is 0 Å². The van der Waals surface area contributed by atoms with E-state index in [-0.39, 0.29) is 18.4 Å². The van der Waals surface area contributed by atoms with Gasteiger partial charge in [0.15, 0.2) is 0 Å². The number of carbonyl (C=O) groups excluding carboxylic acids is 1. The SMILES string of the molecule is Cc1ccc2c(c1)C(NC(=O)NCC(C)(O)c1ccc(F)cc1)CO2. The summed E-state index contributed by atoms with van der Waals surface area (Å²) in [6, 6.07) is 10.8. The number of ether oxygens (including phenoxy) is 1. The zero-order chi connectivity index (χ0) is 18.0. The summed E-state index contributed by atoms with van der Waals surface area (Å²) in [5.41, 5.74) is 1.27. The smallest absolute Gasteiger partial charge is 0.315 e. The van der Waals surface area contributed by atoms with E-state index in [0.717, 1.165) is 16.9 Å². The van der Waals surface area contributed by atoms with Crippen molar-refractivity contribution >= 4 is 6.03 Å². The standard InChI is InChI=1S/C19H21FN2O3/c1-12-3-8-17-15(9-12)16(10-25-17)22-18(23)21-11-19(2,24)13-4-6-14(20)7-5-13/h3-9,16,24H,10-11H2,1-2H3,(H2,21,22,23). The Bertz CT molecular complexity index is 775. The Labute approximate surface area is 145 Å². The number of hydrogen-bond acceptors (Lipinski definition) is 3. The number of carbonyl (C=O) groups is 1. The second-order valence-electron chi connectivity index (χ2n) is 6.51. The summed E-state index contributed by atoms with van der Waals surface area (Å²) in [5, 5.41) is 16.0. The Balaban J connectivity index is 1.59. The normalized spacial score (nSPS) is 18.0. The molecule has 1 heterocycles. The van der Waals surface area contributed by atoms with E-state index in [2.05, 4.69) is 10.6 Å². The largest absolute Gasteiger partial charge is 0.491 e. The second-order valence-corrected chi connectivity index (χ2v) is 6.51. The van der Waals surface area contributed by atoms with Gasteiger partial charge in [0, 0.05) is 5.56 Å². The number of aliphatic hydroxyl groups is 1. The highest BCUT2D eigenvalue weighted by atomic mass is 19.1. The summed E-state index contributed by atoms with van der Waals surface area (Å²) in [6.45, 7) is 3.92. The van der Waals surface area contributed by atoms with E-state index in [9.17, 15) is 14.3 Å². The molecule has 2 atom stereocenters. The molecule has 0 bridgehead atoms. The van der Waals surface area contributed by atoms with Gasteiger partial charge in [0.2, 0.25) is 0 Å². The molecule has 1 aliphatic rings. The highest BCUT2D eigenvalue weighted by Gasteiger charge is 2.27. The van der Waals surface area contributed by atoms with Crippen molar-refractivity contribution < 1.29 is 19.0 Å². The summed E-state index contributed by atoms with van der Waals surface area (Å²) in [7, 11) is 0. The highest BCUT2D eigenvalue weighted by Crippen LogP contribution is 2.32. The fourth-order valence-electron chi connectivity index (χ4n) is 2.83. The molecular weight excluding hydrogens is 323 g/mol. The fourth-order valence-corrected chi connectivity index (χ4v) is 2.83. The average molecular weight is 344 g/mol.